The van der Waals surface area contributed by atoms with E-state index in [1.807, 2.05) is 6.20 Å². The predicted octanol–water partition coefficient (Wildman–Crippen LogP) is 3.76. The molecule has 1 aliphatic rings. The summed E-state index contributed by atoms with van der Waals surface area (Å²) in [5.74, 6) is 0.165. The highest BCUT2D eigenvalue weighted by atomic mass is 32.2. The van der Waals surface area contributed by atoms with E-state index in [0.717, 1.165) is 34.3 Å². The molecule has 2 heterocycles. The Morgan fingerprint density at radius 3 is 2.59 bits per heavy atom. The third-order valence-corrected chi connectivity index (χ3v) is 8.18. The van der Waals surface area contributed by atoms with Crippen molar-refractivity contribution in [3.8, 4) is 5.69 Å². The average molecular weight is 489 g/mol. The Bertz CT molecular complexity index is 1240. The van der Waals surface area contributed by atoms with E-state index >= 15 is 0 Å². The van der Waals surface area contributed by atoms with Gasteiger partial charge in [0.2, 0.25) is 10.0 Å². The fraction of sp³-hybridized carbons (Fsp3) is 0.480. The number of aryl methyl sites for hydroxylation is 1. The van der Waals surface area contributed by atoms with E-state index in [4.69, 9.17) is 4.74 Å². The van der Waals surface area contributed by atoms with Gasteiger partial charge in [-0.25, -0.2) is 17.5 Å². The number of rotatable bonds is 8. The zero-order chi connectivity index (χ0) is 24.5. The molecular formula is C25H33FN4O3S. The van der Waals surface area contributed by atoms with Crippen LogP contribution in [0.25, 0.3) is 16.6 Å². The molecule has 0 saturated carbocycles. The van der Waals surface area contributed by atoms with Crippen LogP contribution in [0.15, 0.2) is 42.6 Å². The van der Waals surface area contributed by atoms with Crippen LogP contribution >= 0.6 is 0 Å². The number of piperazine rings is 1. The van der Waals surface area contributed by atoms with Gasteiger partial charge in [-0.3, -0.25) is 4.90 Å². The number of fused-ring (bicyclic) bond motifs is 1. The maximum absolute atomic E-state index is 13.4. The van der Waals surface area contributed by atoms with Gasteiger partial charge in [0, 0.05) is 44.7 Å². The molecule has 184 valence electrons. The standard InChI is InChI=1S/C25H33FN4O3S/c1-18(2)16-28-9-10-29(34(31,32)12-11-33-4)17-25(28)23-14-20-15-27-30(24(20)13-19(23)3)22-7-5-21(26)6-8-22/h5-8,13-15,18,25H,9-12,16-17H2,1-4H3/t25-/m0/s1. The Labute approximate surface area is 201 Å². The number of sulfonamides is 1. The van der Waals surface area contributed by atoms with Crippen LogP contribution in [0.5, 0.6) is 0 Å². The van der Waals surface area contributed by atoms with E-state index < -0.39 is 10.0 Å². The first-order valence-corrected chi connectivity index (χ1v) is 13.3. The van der Waals surface area contributed by atoms with Crippen molar-refractivity contribution in [1.82, 2.24) is 19.0 Å². The number of benzene rings is 2. The van der Waals surface area contributed by atoms with Crippen molar-refractivity contribution in [3.05, 3.63) is 59.5 Å². The topological polar surface area (TPSA) is 67.7 Å². The number of nitrogens with zero attached hydrogens (tertiary/aromatic N) is 4. The van der Waals surface area contributed by atoms with Crippen LogP contribution in [0.3, 0.4) is 0 Å². The highest BCUT2D eigenvalue weighted by Crippen LogP contribution is 2.33. The Morgan fingerprint density at radius 1 is 1.18 bits per heavy atom. The molecule has 2 aromatic carbocycles. The number of aromatic nitrogens is 2. The van der Waals surface area contributed by atoms with Gasteiger partial charge in [0.15, 0.2) is 0 Å². The van der Waals surface area contributed by atoms with Crippen molar-refractivity contribution < 1.29 is 17.5 Å². The quantitative estimate of drug-likeness (QED) is 0.483. The smallest absolute Gasteiger partial charge is 0.216 e. The molecule has 0 radical (unpaired) electrons. The Balaban J connectivity index is 1.71. The lowest BCUT2D eigenvalue weighted by molar-refractivity contribution is 0.104. The molecule has 3 aromatic rings. The van der Waals surface area contributed by atoms with E-state index in [1.54, 1.807) is 21.1 Å². The van der Waals surface area contributed by atoms with Crippen LogP contribution in [-0.4, -0.2) is 73.1 Å². The molecule has 7 nitrogen and oxygen atoms in total. The normalized spacial score (nSPS) is 18.2. The highest BCUT2D eigenvalue weighted by molar-refractivity contribution is 7.89. The zero-order valence-electron chi connectivity index (χ0n) is 20.2. The maximum Gasteiger partial charge on any atom is 0.216 e. The number of halogens is 1. The Morgan fingerprint density at radius 2 is 1.91 bits per heavy atom. The second-order valence-electron chi connectivity index (χ2n) is 9.37. The van der Waals surface area contributed by atoms with Crippen LogP contribution in [0, 0.1) is 18.7 Å². The van der Waals surface area contributed by atoms with Gasteiger partial charge in [0.25, 0.3) is 0 Å². The summed E-state index contributed by atoms with van der Waals surface area (Å²) < 4.78 is 47.7. The highest BCUT2D eigenvalue weighted by Gasteiger charge is 2.35. The molecule has 0 spiro atoms. The van der Waals surface area contributed by atoms with E-state index in [9.17, 15) is 12.8 Å². The third kappa shape index (κ3) is 5.17. The molecule has 9 heteroatoms. The predicted molar refractivity (Wildman–Crippen MR) is 132 cm³/mol. The molecule has 1 fully saturated rings. The van der Waals surface area contributed by atoms with Crippen molar-refractivity contribution in [1.29, 1.82) is 0 Å². The Kier molecular flexibility index (Phi) is 7.37. The summed E-state index contributed by atoms with van der Waals surface area (Å²) in [4.78, 5) is 2.39. The van der Waals surface area contributed by atoms with Crippen molar-refractivity contribution in [2.75, 3.05) is 45.6 Å². The lowest BCUT2D eigenvalue weighted by Crippen LogP contribution is -2.52. The second kappa shape index (κ2) is 10.1. The van der Waals surface area contributed by atoms with Gasteiger partial charge in [0.1, 0.15) is 5.82 Å². The molecule has 4 rings (SSSR count). The first kappa shape index (κ1) is 24.8. The first-order chi connectivity index (χ1) is 16.2. The maximum atomic E-state index is 13.4. The van der Waals surface area contributed by atoms with E-state index in [1.165, 1.54) is 19.2 Å². The van der Waals surface area contributed by atoms with Crippen molar-refractivity contribution in [2.24, 2.45) is 5.92 Å². The molecule has 1 aromatic heterocycles. The summed E-state index contributed by atoms with van der Waals surface area (Å²) >= 11 is 0. The van der Waals surface area contributed by atoms with Crippen LogP contribution in [0.4, 0.5) is 4.39 Å². The number of hydrogen-bond donors (Lipinski definition) is 0. The van der Waals surface area contributed by atoms with Crippen LogP contribution in [-0.2, 0) is 14.8 Å². The van der Waals surface area contributed by atoms with E-state index in [2.05, 4.69) is 42.9 Å². The van der Waals surface area contributed by atoms with Gasteiger partial charge in [-0.05, 0) is 60.4 Å². The molecule has 0 bridgehead atoms. The van der Waals surface area contributed by atoms with Crippen LogP contribution in [0.2, 0.25) is 0 Å². The summed E-state index contributed by atoms with van der Waals surface area (Å²) in [5.41, 5.74) is 3.91. The molecule has 0 amide bonds. The van der Waals surface area contributed by atoms with Gasteiger partial charge in [-0.1, -0.05) is 13.8 Å². The summed E-state index contributed by atoms with van der Waals surface area (Å²) in [7, 11) is -1.88. The molecule has 0 unspecified atom stereocenters. The third-order valence-electron chi connectivity index (χ3n) is 6.38. The number of ether oxygens (including phenoxy) is 1. The number of hydrogen-bond acceptors (Lipinski definition) is 5. The summed E-state index contributed by atoms with van der Waals surface area (Å²) in [5, 5.41) is 5.50. The van der Waals surface area contributed by atoms with Crippen LogP contribution in [0.1, 0.15) is 31.0 Å². The van der Waals surface area contributed by atoms with Gasteiger partial charge in [0.05, 0.1) is 29.8 Å². The van der Waals surface area contributed by atoms with E-state index in [-0.39, 0.29) is 24.2 Å². The van der Waals surface area contributed by atoms with Gasteiger partial charge in [-0.15, -0.1) is 0 Å². The second-order valence-corrected chi connectivity index (χ2v) is 11.5. The summed E-state index contributed by atoms with van der Waals surface area (Å²) in [6.45, 7) is 9.08. The minimum atomic E-state index is -3.39. The molecule has 34 heavy (non-hydrogen) atoms. The van der Waals surface area contributed by atoms with E-state index in [0.29, 0.717) is 25.6 Å². The lowest BCUT2D eigenvalue weighted by atomic mass is 9.96. The van der Waals surface area contributed by atoms with Crippen molar-refractivity contribution in [2.45, 2.75) is 26.8 Å². The lowest BCUT2D eigenvalue weighted by Gasteiger charge is -2.42. The summed E-state index contributed by atoms with van der Waals surface area (Å²) in [6.07, 6.45) is 1.81. The molecule has 1 atom stereocenters. The minimum absolute atomic E-state index is 0.0111. The molecule has 0 N–H and O–H groups in total. The SMILES string of the molecule is COCCS(=O)(=O)N1CCN(CC(C)C)[C@H](c2cc3cnn(-c4ccc(F)cc4)c3cc2C)C1. The van der Waals surface area contributed by atoms with Gasteiger partial charge >= 0.3 is 0 Å². The summed E-state index contributed by atoms with van der Waals surface area (Å²) in [6, 6.07) is 10.4. The largest absolute Gasteiger partial charge is 0.384 e. The van der Waals surface area contributed by atoms with Crippen molar-refractivity contribution in [3.63, 3.8) is 0 Å². The zero-order valence-corrected chi connectivity index (χ0v) is 21.1. The fourth-order valence-electron chi connectivity index (χ4n) is 4.69. The monoisotopic (exact) mass is 488 g/mol. The molecule has 1 aliphatic heterocycles. The fourth-order valence-corrected chi connectivity index (χ4v) is 6.06. The average Bonchev–Trinajstić information content (AvgIpc) is 3.20. The Hall–Kier alpha value is -2.33. The number of methoxy groups -OCH3 is 1. The minimum Gasteiger partial charge on any atom is -0.384 e. The molecule has 1 saturated heterocycles. The van der Waals surface area contributed by atoms with Gasteiger partial charge in [-0.2, -0.15) is 9.40 Å². The first-order valence-electron chi connectivity index (χ1n) is 11.6. The van der Waals surface area contributed by atoms with Gasteiger partial charge < -0.3 is 4.74 Å². The van der Waals surface area contributed by atoms with Crippen molar-refractivity contribution >= 4 is 20.9 Å². The molecular weight excluding hydrogens is 455 g/mol. The van der Waals surface area contributed by atoms with Crippen LogP contribution < -0.4 is 0 Å². The molecule has 0 aliphatic carbocycles.